The molecule has 0 saturated carbocycles. The summed E-state index contributed by atoms with van der Waals surface area (Å²) in [5.41, 5.74) is 3.45. The van der Waals surface area contributed by atoms with Crippen LogP contribution in [0.3, 0.4) is 0 Å². The van der Waals surface area contributed by atoms with Crippen LogP contribution in [-0.4, -0.2) is 11.9 Å². The Bertz CT molecular complexity index is 1030. The molecule has 0 aromatic heterocycles. The minimum Gasteiger partial charge on any atom is -0.423 e. The van der Waals surface area contributed by atoms with Crippen molar-refractivity contribution >= 4 is 18.0 Å². The number of carbonyl (C=O) groups is 2. The number of benzene rings is 3. The fourth-order valence-electron chi connectivity index (χ4n) is 2.50. The van der Waals surface area contributed by atoms with Gasteiger partial charge in [0.2, 0.25) is 0 Å². The third kappa shape index (κ3) is 5.78. The monoisotopic (exact) mass is 384 g/mol. The number of carbonyl (C=O) groups excluding carboxylic acids is 2. The Kier molecular flexibility index (Phi) is 6.38. The van der Waals surface area contributed by atoms with E-state index < -0.39 is 11.9 Å². The van der Waals surface area contributed by atoms with Gasteiger partial charge < -0.3 is 9.47 Å². The van der Waals surface area contributed by atoms with Crippen molar-refractivity contribution in [2.75, 3.05) is 0 Å². The van der Waals surface area contributed by atoms with Crippen molar-refractivity contribution in [2.24, 2.45) is 0 Å². The van der Waals surface area contributed by atoms with Gasteiger partial charge in [-0.25, -0.2) is 9.59 Å². The number of esters is 2. The number of rotatable bonds is 6. The molecule has 0 saturated heterocycles. The lowest BCUT2D eigenvalue weighted by atomic mass is 10.0. The summed E-state index contributed by atoms with van der Waals surface area (Å²) in [7, 11) is 0. The average molecular weight is 384 g/mol. The highest BCUT2D eigenvalue weighted by molar-refractivity contribution is 5.89. The third-order valence-corrected chi connectivity index (χ3v) is 4.03. The molecule has 0 N–H and O–H groups in total. The van der Waals surface area contributed by atoms with Crippen LogP contribution in [0.1, 0.15) is 12.5 Å². The summed E-state index contributed by atoms with van der Waals surface area (Å²) in [5, 5.41) is 0. The summed E-state index contributed by atoms with van der Waals surface area (Å²) >= 11 is 0. The predicted molar refractivity (Wildman–Crippen MR) is 113 cm³/mol. The second-order valence-electron chi connectivity index (χ2n) is 6.38. The van der Waals surface area contributed by atoms with Crippen molar-refractivity contribution in [3.63, 3.8) is 0 Å². The molecule has 0 radical (unpaired) electrons. The van der Waals surface area contributed by atoms with Gasteiger partial charge in [0.25, 0.3) is 0 Å². The molecule has 0 aliphatic heterocycles. The predicted octanol–water partition coefficient (Wildman–Crippen LogP) is 5.45. The summed E-state index contributed by atoms with van der Waals surface area (Å²) in [6.45, 7) is 5.09. The van der Waals surface area contributed by atoms with E-state index in [0.29, 0.717) is 17.1 Å². The first-order valence-electron chi connectivity index (χ1n) is 9.04. The summed E-state index contributed by atoms with van der Waals surface area (Å²) in [6, 6.07) is 24.2. The number of hydrogen-bond donors (Lipinski definition) is 0. The molecule has 3 aromatic rings. The van der Waals surface area contributed by atoms with E-state index in [1.54, 1.807) is 37.3 Å². The summed E-state index contributed by atoms with van der Waals surface area (Å²) in [5.74, 6) is -0.291. The minimum absolute atomic E-state index is 0.308. The van der Waals surface area contributed by atoms with E-state index in [1.807, 2.05) is 54.6 Å². The second kappa shape index (κ2) is 9.33. The van der Waals surface area contributed by atoms with Gasteiger partial charge in [-0.1, -0.05) is 61.2 Å². The van der Waals surface area contributed by atoms with E-state index in [-0.39, 0.29) is 0 Å². The molecule has 4 nitrogen and oxygen atoms in total. The third-order valence-electron chi connectivity index (χ3n) is 4.03. The highest BCUT2D eigenvalue weighted by atomic mass is 16.5. The van der Waals surface area contributed by atoms with E-state index in [9.17, 15) is 9.59 Å². The molecule has 3 rings (SSSR count). The van der Waals surface area contributed by atoms with Gasteiger partial charge in [0.05, 0.1) is 0 Å². The van der Waals surface area contributed by atoms with Crippen molar-refractivity contribution in [3.05, 3.63) is 103 Å². The largest absolute Gasteiger partial charge is 0.423 e. The van der Waals surface area contributed by atoms with Crippen LogP contribution in [0.25, 0.3) is 17.2 Å². The molecule has 0 bridgehead atoms. The zero-order valence-corrected chi connectivity index (χ0v) is 16.0. The molecular weight excluding hydrogens is 364 g/mol. The van der Waals surface area contributed by atoms with Crippen LogP contribution in [0.4, 0.5) is 0 Å². The van der Waals surface area contributed by atoms with Gasteiger partial charge in [-0.05, 0) is 54.0 Å². The van der Waals surface area contributed by atoms with Crippen molar-refractivity contribution < 1.29 is 19.1 Å². The normalized spacial score (nSPS) is 10.5. The highest BCUT2D eigenvalue weighted by Gasteiger charge is 2.06. The van der Waals surface area contributed by atoms with E-state index >= 15 is 0 Å². The molecule has 3 aromatic carbocycles. The van der Waals surface area contributed by atoms with Gasteiger partial charge in [0.1, 0.15) is 11.5 Å². The lowest BCUT2D eigenvalue weighted by Crippen LogP contribution is -2.08. The van der Waals surface area contributed by atoms with Gasteiger partial charge in [-0.15, -0.1) is 0 Å². The molecule has 144 valence electrons. The Morgan fingerprint density at radius 1 is 0.759 bits per heavy atom. The topological polar surface area (TPSA) is 52.6 Å². The molecule has 0 amide bonds. The first-order chi connectivity index (χ1) is 14.0. The first-order valence-corrected chi connectivity index (χ1v) is 9.04. The first kappa shape index (κ1) is 19.8. The molecule has 4 heteroatoms. The van der Waals surface area contributed by atoms with Crippen LogP contribution < -0.4 is 9.47 Å². The van der Waals surface area contributed by atoms with Crippen LogP contribution >= 0.6 is 0 Å². The summed E-state index contributed by atoms with van der Waals surface area (Å²) in [6.07, 6.45) is 3.06. The Labute approximate surface area is 169 Å². The van der Waals surface area contributed by atoms with Crippen molar-refractivity contribution in [1.29, 1.82) is 0 Å². The standard InChI is InChI=1S/C25H20O4/c1-18(2)25(27)29-23-15-13-22(14-16-23)28-24(26)17-10-19-8-11-21(12-9-19)20-6-4-3-5-7-20/h3-17H,1H2,2H3/b17-10+. The van der Waals surface area contributed by atoms with Crippen LogP contribution in [0, 0.1) is 0 Å². The molecule has 0 aliphatic carbocycles. The van der Waals surface area contributed by atoms with E-state index in [1.165, 1.54) is 6.08 Å². The fourth-order valence-corrected chi connectivity index (χ4v) is 2.50. The van der Waals surface area contributed by atoms with Gasteiger partial charge in [0.15, 0.2) is 0 Å². The lowest BCUT2D eigenvalue weighted by Gasteiger charge is -2.05. The molecule has 0 spiro atoms. The maximum absolute atomic E-state index is 12.0. The number of ether oxygens (including phenoxy) is 2. The average Bonchev–Trinajstić information content (AvgIpc) is 2.74. The Morgan fingerprint density at radius 2 is 1.31 bits per heavy atom. The maximum Gasteiger partial charge on any atom is 0.338 e. The Balaban J connectivity index is 1.57. The Hall–Kier alpha value is -3.92. The van der Waals surface area contributed by atoms with E-state index in [4.69, 9.17) is 9.47 Å². The van der Waals surface area contributed by atoms with E-state index in [0.717, 1.165) is 16.7 Å². The molecule has 0 fully saturated rings. The maximum atomic E-state index is 12.0. The van der Waals surface area contributed by atoms with Crippen LogP contribution in [0.2, 0.25) is 0 Å². The highest BCUT2D eigenvalue weighted by Crippen LogP contribution is 2.20. The minimum atomic E-state index is -0.504. The molecular formula is C25H20O4. The number of hydrogen-bond acceptors (Lipinski definition) is 4. The van der Waals surface area contributed by atoms with Gasteiger partial charge in [-0.2, -0.15) is 0 Å². The van der Waals surface area contributed by atoms with Gasteiger partial charge in [0, 0.05) is 11.6 Å². The smallest absolute Gasteiger partial charge is 0.338 e. The van der Waals surface area contributed by atoms with Gasteiger partial charge in [-0.3, -0.25) is 0 Å². The molecule has 29 heavy (non-hydrogen) atoms. The SMILES string of the molecule is C=C(C)C(=O)Oc1ccc(OC(=O)/C=C/c2ccc(-c3ccccc3)cc2)cc1. The van der Waals surface area contributed by atoms with Crippen LogP contribution in [0.5, 0.6) is 11.5 Å². The van der Waals surface area contributed by atoms with Crippen molar-refractivity contribution in [1.82, 2.24) is 0 Å². The summed E-state index contributed by atoms with van der Waals surface area (Å²) in [4.78, 5) is 23.5. The van der Waals surface area contributed by atoms with Crippen molar-refractivity contribution in [3.8, 4) is 22.6 Å². The summed E-state index contributed by atoms with van der Waals surface area (Å²) < 4.78 is 10.3. The van der Waals surface area contributed by atoms with Gasteiger partial charge >= 0.3 is 11.9 Å². The zero-order chi connectivity index (χ0) is 20.6. The molecule has 0 aliphatic rings. The van der Waals surface area contributed by atoms with Crippen molar-refractivity contribution in [2.45, 2.75) is 6.92 Å². The zero-order valence-electron chi connectivity index (χ0n) is 16.0. The lowest BCUT2D eigenvalue weighted by molar-refractivity contribution is -0.130. The molecule has 0 heterocycles. The Morgan fingerprint density at radius 3 is 1.90 bits per heavy atom. The van der Waals surface area contributed by atoms with Crippen LogP contribution in [0.15, 0.2) is 97.1 Å². The molecule has 0 unspecified atom stereocenters. The second-order valence-corrected chi connectivity index (χ2v) is 6.38. The van der Waals surface area contributed by atoms with Crippen LogP contribution in [-0.2, 0) is 9.59 Å². The quantitative estimate of drug-likeness (QED) is 0.322. The molecule has 0 atom stereocenters. The fraction of sp³-hybridized carbons (Fsp3) is 0.0400. The van der Waals surface area contributed by atoms with E-state index in [2.05, 4.69) is 6.58 Å².